The maximum atomic E-state index is 12.9. The standard InChI is InChI=1S/C16H18FNO2/c1-11(16(18)12-7-9-13(17)10-8-12)20-15-6-4-3-5-14(15)19-2/h3-11,16H,18H2,1-2H3. The van der Waals surface area contributed by atoms with Crippen molar-refractivity contribution in [2.45, 2.75) is 19.1 Å². The lowest BCUT2D eigenvalue weighted by Gasteiger charge is -2.22. The van der Waals surface area contributed by atoms with Crippen LogP contribution in [0.3, 0.4) is 0 Å². The monoisotopic (exact) mass is 275 g/mol. The van der Waals surface area contributed by atoms with Gasteiger partial charge in [0.1, 0.15) is 11.9 Å². The number of rotatable bonds is 5. The Kier molecular flexibility index (Phi) is 4.58. The maximum Gasteiger partial charge on any atom is 0.161 e. The molecule has 0 spiro atoms. The van der Waals surface area contributed by atoms with Gasteiger partial charge in [-0.3, -0.25) is 0 Å². The van der Waals surface area contributed by atoms with Crippen molar-refractivity contribution in [2.24, 2.45) is 5.73 Å². The van der Waals surface area contributed by atoms with Gasteiger partial charge in [0.05, 0.1) is 13.2 Å². The molecule has 0 bridgehead atoms. The molecule has 0 fully saturated rings. The summed E-state index contributed by atoms with van der Waals surface area (Å²) in [5, 5.41) is 0. The average molecular weight is 275 g/mol. The van der Waals surface area contributed by atoms with Gasteiger partial charge in [-0.25, -0.2) is 4.39 Å². The van der Waals surface area contributed by atoms with Gasteiger partial charge < -0.3 is 15.2 Å². The number of ether oxygens (including phenoxy) is 2. The van der Waals surface area contributed by atoms with Crippen LogP contribution in [0, 0.1) is 5.82 Å². The summed E-state index contributed by atoms with van der Waals surface area (Å²) in [6.07, 6.45) is -0.267. The lowest BCUT2D eigenvalue weighted by atomic mass is 10.0. The number of methoxy groups -OCH3 is 1. The summed E-state index contributed by atoms with van der Waals surface area (Å²) in [6.45, 7) is 1.88. The quantitative estimate of drug-likeness (QED) is 0.910. The van der Waals surface area contributed by atoms with E-state index >= 15 is 0 Å². The Morgan fingerprint density at radius 1 is 1.00 bits per heavy atom. The van der Waals surface area contributed by atoms with E-state index < -0.39 is 0 Å². The van der Waals surface area contributed by atoms with Crippen LogP contribution in [0.2, 0.25) is 0 Å². The summed E-state index contributed by atoms with van der Waals surface area (Å²) in [5.74, 6) is 1.02. The van der Waals surface area contributed by atoms with Crippen molar-refractivity contribution in [2.75, 3.05) is 7.11 Å². The van der Waals surface area contributed by atoms with Gasteiger partial charge in [0.15, 0.2) is 11.5 Å². The van der Waals surface area contributed by atoms with Crippen LogP contribution < -0.4 is 15.2 Å². The highest BCUT2D eigenvalue weighted by molar-refractivity contribution is 5.39. The Balaban J connectivity index is 2.11. The van der Waals surface area contributed by atoms with Crippen LogP contribution in [-0.4, -0.2) is 13.2 Å². The van der Waals surface area contributed by atoms with Crippen molar-refractivity contribution >= 4 is 0 Å². The smallest absolute Gasteiger partial charge is 0.161 e. The lowest BCUT2D eigenvalue weighted by Crippen LogP contribution is -2.28. The van der Waals surface area contributed by atoms with Gasteiger partial charge in [0.25, 0.3) is 0 Å². The summed E-state index contributed by atoms with van der Waals surface area (Å²) in [7, 11) is 1.59. The first-order chi connectivity index (χ1) is 9.61. The first kappa shape index (κ1) is 14.3. The molecule has 2 atom stereocenters. The second-order valence-corrected chi connectivity index (χ2v) is 4.55. The normalized spacial score (nSPS) is 13.6. The van der Waals surface area contributed by atoms with Crippen molar-refractivity contribution < 1.29 is 13.9 Å². The van der Waals surface area contributed by atoms with E-state index in [2.05, 4.69) is 0 Å². The first-order valence-electron chi connectivity index (χ1n) is 6.42. The Bertz CT molecular complexity index is 557. The molecule has 0 aliphatic carbocycles. The summed E-state index contributed by atoms with van der Waals surface area (Å²) in [5.41, 5.74) is 6.97. The van der Waals surface area contributed by atoms with Crippen molar-refractivity contribution in [3.63, 3.8) is 0 Å². The number of hydrogen-bond donors (Lipinski definition) is 1. The van der Waals surface area contributed by atoms with Gasteiger partial charge in [-0.15, -0.1) is 0 Å². The molecule has 3 nitrogen and oxygen atoms in total. The Morgan fingerprint density at radius 2 is 1.60 bits per heavy atom. The highest BCUT2D eigenvalue weighted by Gasteiger charge is 2.18. The summed E-state index contributed by atoms with van der Waals surface area (Å²) in [4.78, 5) is 0. The second kappa shape index (κ2) is 6.39. The topological polar surface area (TPSA) is 44.5 Å². The number of hydrogen-bond acceptors (Lipinski definition) is 3. The van der Waals surface area contributed by atoms with Crippen molar-refractivity contribution in [1.82, 2.24) is 0 Å². The predicted octanol–water partition coefficient (Wildman–Crippen LogP) is 3.30. The van der Waals surface area contributed by atoms with Crippen LogP contribution in [0.4, 0.5) is 4.39 Å². The third-order valence-electron chi connectivity index (χ3n) is 3.14. The van der Waals surface area contributed by atoms with E-state index in [1.54, 1.807) is 19.2 Å². The zero-order valence-electron chi connectivity index (χ0n) is 11.5. The highest BCUT2D eigenvalue weighted by atomic mass is 19.1. The Hall–Kier alpha value is -2.07. The molecule has 0 radical (unpaired) electrons. The number of para-hydroxylation sites is 2. The Morgan fingerprint density at radius 3 is 2.20 bits per heavy atom. The molecule has 20 heavy (non-hydrogen) atoms. The molecule has 0 aromatic heterocycles. The molecule has 4 heteroatoms. The molecule has 106 valence electrons. The van der Waals surface area contributed by atoms with Crippen molar-refractivity contribution in [3.8, 4) is 11.5 Å². The highest BCUT2D eigenvalue weighted by Crippen LogP contribution is 2.29. The van der Waals surface area contributed by atoms with Gasteiger partial charge >= 0.3 is 0 Å². The number of halogens is 1. The van der Waals surface area contributed by atoms with Crippen LogP contribution in [0.1, 0.15) is 18.5 Å². The molecular weight excluding hydrogens is 257 g/mol. The van der Waals surface area contributed by atoms with Gasteiger partial charge in [0.2, 0.25) is 0 Å². The average Bonchev–Trinajstić information content (AvgIpc) is 2.48. The maximum absolute atomic E-state index is 12.9. The van der Waals surface area contributed by atoms with Crippen LogP contribution >= 0.6 is 0 Å². The summed E-state index contributed by atoms with van der Waals surface area (Å²) >= 11 is 0. The molecule has 2 unspecified atom stereocenters. The summed E-state index contributed by atoms with van der Waals surface area (Å²) < 4.78 is 24.0. The molecule has 0 aliphatic heterocycles. The van der Waals surface area contributed by atoms with Crippen LogP contribution in [0.5, 0.6) is 11.5 Å². The first-order valence-corrected chi connectivity index (χ1v) is 6.42. The fourth-order valence-corrected chi connectivity index (χ4v) is 1.95. The second-order valence-electron chi connectivity index (χ2n) is 4.55. The Labute approximate surface area is 118 Å². The van der Waals surface area contributed by atoms with Crippen molar-refractivity contribution in [1.29, 1.82) is 0 Å². The van der Waals surface area contributed by atoms with E-state index in [0.717, 1.165) is 5.56 Å². The predicted molar refractivity (Wildman–Crippen MR) is 76.4 cm³/mol. The van der Waals surface area contributed by atoms with Gasteiger partial charge in [-0.2, -0.15) is 0 Å². The van der Waals surface area contributed by atoms with E-state index in [-0.39, 0.29) is 18.0 Å². The molecule has 0 saturated carbocycles. The van der Waals surface area contributed by atoms with Gasteiger partial charge in [0, 0.05) is 0 Å². The molecular formula is C16H18FNO2. The molecule has 0 amide bonds. The minimum absolute atomic E-state index is 0.267. The van der Waals surface area contributed by atoms with Crippen molar-refractivity contribution in [3.05, 3.63) is 59.9 Å². The van der Waals surface area contributed by atoms with Crippen LogP contribution in [0.15, 0.2) is 48.5 Å². The SMILES string of the molecule is COc1ccccc1OC(C)C(N)c1ccc(F)cc1. The zero-order valence-corrected chi connectivity index (χ0v) is 11.5. The van der Waals surface area contributed by atoms with E-state index in [4.69, 9.17) is 15.2 Å². The molecule has 2 rings (SSSR count). The van der Waals surface area contributed by atoms with E-state index in [1.807, 2.05) is 31.2 Å². The van der Waals surface area contributed by atoms with Crippen LogP contribution in [-0.2, 0) is 0 Å². The van der Waals surface area contributed by atoms with E-state index in [9.17, 15) is 4.39 Å². The third-order valence-corrected chi connectivity index (χ3v) is 3.14. The molecule has 0 aliphatic rings. The molecule has 2 N–H and O–H groups in total. The zero-order chi connectivity index (χ0) is 14.5. The number of benzene rings is 2. The van der Waals surface area contributed by atoms with Crippen LogP contribution in [0.25, 0.3) is 0 Å². The number of nitrogens with two attached hydrogens (primary N) is 1. The molecule has 2 aromatic carbocycles. The van der Waals surface area contributed by atoms with E-state index in [0.29, 0.717) is 11.5 Å². The third kappa shape index (κ3) is 3.27. The van der Waals surface area contributed by atoms with E-state index in [1.165, 1.54) is 12.1 Å². The molecule has 0 saturated heterocycles. The van der Waals surface area contributed by atoms with Gasteiger partial charge in [-0.1, -0.05) is 24.3 Å². The molecule has 0 heterocycles. The minimum Gasteiger partial charge on any atom is -0.493 e. The summed E-state index contributed by atoms with van der Waals surface area (Å²) in [6, 6.07) is 13.2. The lowest BCUT2D eigenvalue weighted by molar-refractivity contribution is 0.183. The minimum atomic E-state index is -0.347. The fraction of sp³-hybridized carbons (Fsp3) is 0.250. The largest absolute Gasteiger partial charge is 0.493 e. The van der Waals surface area contributed by atoms with Gasteiger partial charge in [-0.05, 0) is 36.8 Å². The fourth-order valence-electron chi connectivity index (χ4n) is 1.95. The molecule has 2 aromatic rings.